The molecule has 94 valence electrons. The van der Waals surface area contributed by atoms with Crippen molar-refractivity contribution < 1.29 is 4.79 Å². The predicted molar refractivity (Wildman–Crippen MR) is 72.3 cm³/mol. The van der Waals surface area contributed by atoms with Crippen molar-refractivity contribution in [3.05, 3.63) is 6.20 Å². The average Bonchev–Trinajstić information content (AvgIpc) is 2.75. The van der Waals surface area contributed by atoms with Gasteiger partial charge in [0.25, 0.3) is 0 Å². The number of carbonyl (C=O) groups excluding carboxylic acids is 1. The second-order valence-electron chi connectivity index (χ2n) is 4.16. The molecule has 0 radical (unpaired) electrons. The van der Waals surface area contributed by atoms with Gasteiger partial charge in [0.15, 0.2) is 5.13 Å². The molecular weight excluding hydrogens is 254 g/mol. The van der Waals surface area contributed by atoms with E-state index >= 15 is 0 Å². The van der Waals surface area contributed by atoms with E-state index in [0.29, 0.717) is 5.13 Å². The number of aromatic nitrogens is 1. The van der Waals surface area contributed by atoms with Crippen molar-refractivity contribution in [1.29, 1.82) is 0 Å². The van der Waals surface area contributed by atoms with Gasteiger partial charge in [0.05, 0.1) is 15.7 Å². The molecule has 0 spiro atoms. The summed E-state index contributed by atoms with van der Waals surface area (Å²) in [7, 11) is 0. The standard InChI is InChI=1S/C11H17N3OS2/c1-8(16-9-7-13-11(12)17-9)10(15)14-5-3-2-4-6-14/h7-8H,2-6H2,1H3,(H2,12,13). The van der Waals surface area contributed by atoms with Gasteiger partial charge in [0.2, 0.25) is 5.91 Å². The fourth-order valence-corrected chi connectivity index (χ4v) is 3.93. The summed E-state index contributed by atoms with van der Waals surface area (Å²) in [6, 6.07) is 0. The highest BCUT2D eigenvalue weighted by molar-refractivity contribution is 8.02. The zero-order valence-electron chi connectivity index (χ0n) is 9.89. The Labute approximate surface area is 110 Å². The van der Waals surface area contributed by atoms with E-state index in [1.165, 1.54) is 17.8 Å². The van der Waals surface area contributed by atoms with Crippen molar-refractivity contribution in [3.8, 4) is 0 Å². The van der Waals surface area contributed by atoms with Crippen molar-refractivity contribution in [1.82, 2.24) is 9.88 Å². The van der Waals surface area contributed by atoms with Crippen molar-refractivity contribution in [2.75, 3.05) is 18.8 Å². The molecular formula is C11H17N3OS2. The van der Waals surface area contributed by atoms with Crippen LogP contribution < -0.4 is 5.73 Å². The van der Waals surface area contributed by atoms with E-state index in [4.69, 9.17) is 5.73 Å². The third-order valence-corrected chi connectivity index (χ3v) is 4.86. The second-order valence-corrected chi connectivity index (χ2v) is 6.87. The maximum Gasteiger partial charge on any atom is 0.235 e. The van der Waals surface area contributed by atoms with Gasteiger partial charge in [-0.2, -0.15) is 0 Å². The van der Waals surface area contributed by atoms with Gasteiger partial charge in [-0.3, -0.25) is 4.79 Å². The Morgan fingerprint density at radius 3 is 2.82 bits per heavy atom. The second kappa shape index (κ2) is 5.73. The minimum Gasteiger partial charge on any atom is -0.375 e. The normalized spacial score (nSPS) is 18.1. The largest absolute Gasteiger partial charge is 0.375 e. The Balaban J connectivity index is 1.90. The molecule has 1 aromatic heterocycles. The van der Waals surface area contributed by atoms with Gasteiger partial charge >= 0.3 is 0 Å². The molecule has 17 heavy (non-hydrogen) atoms. The van der Waals surface area contributed by atoms with Gasteiger partial charge in [0, 0.05) is 13.1 Å². The summed E-state index contributed by atoms with van der Waals surface area (Å²) in [5, 5.41) is 0.512. The van der Waals surface area contributed by atoms with Crippen LogP contribution in [0.15, 0.2) is 10.4 Å². The average molecular weight is 271 g/mol. The Hall–Kier alpha value is -0.750. The fourth-order valence-electron chi connectivity index (χ4n) is 1.92. The van der Waals surface area contributed by atoms with Gasteiger partial charge < -0.3 is 10.6 Å². The lowest BCUT2D eigenvalue weighted by Crippen LogP contribution is -2.39. The lowest BCUT2D eigenvalue weighted by atomic mass is 10.1. The lowest BCUT2D eigenvalue weighted by Gasteiger charge is -2.28. The quantitative estimate of drug-likeness (QED) is 0.856. The number of thioether (sulfide) groups is 1. The number of anilines is 1. The number of piperidine rings is 1. The Morgan fingerprint density at radius 2 is 2.24 bits per heavy atom. The summed E-state index contributed by atoms with van der Waals surface area (Å²) in [6.45, 7) is 3.78. The van der Waals surface area contributed by atoms with Crippen LogP contribution in [0.4, 0.5) is 5.13 Å². The number of hydrogen-bond donors (Lipinski definition) is 1. The van der Waals surface area contributed by atoms with Crippen molar-refractivity contribution >= 4 is 34.1 Å². The predicted octanol–water partition coefficient (Wildman–Crippen LogP) is 2.22. The van der Waals surface area contributed by atoms with Crippen LogP contribution in [0, 0.1) is 0 Å². The zero-order valence-corrected chi connectivity index (χ0v) is 11.5. The molecule has 1 unspecified atom stereocenters. The molecule has 2 heterocycles. The van der Waals surface area contributed by atoms with E-state index in [-0.39, 0.29) is 11.2 Å². The lowest BCUT2D eigenvalue weighted by molar-refractivity contribution is -0.131. The third kappa shape index (κ3) is 3.35. The minimum atomic E-state index is -0.0482. The van der Waals surface area contributed by atoms with Crippen LogP contribution in [0.25, 0.3) is 0 Å². The molecule has 4 nitrogen and oxygen atoms in total. The highest BCUT2D eigenvalue weighted by Gasteiger charge is 2.23. The van der Waals surface area contributed by atoms with Crippen LogP contribution in [0.1, 0.15) is 26.2 Å². The Morgan fingerprint density at radius 1 is 1.53 bits per heavy atom. The molecule has 1 atom stereocenters. The van der Waals surface area contributed by atoms with Gasteiger partial charge in [-0.25, -0.2) is 4.98 Å². The molecule has 1 amide bonds. The Bertz CT molecular complexity index is 388. The smallest absolute Gasteiger partial charge is 0.235 e. The van der Waals surface area contributed by atoms with E-state index in [1.807, 2.05) is 11.8 Å². The highest BCUT2D eigenvalue weighted by Crippen LogP contribution is 2.30. The molecule has 6 heteroatoms. The molecule has 1 saturated heterocycles. The molecule has 1 aliphatic heterocycles. The minimum absolute atomic E-state index is 0.0482. The first kappa shape index (κ1) is 12.7. The Kier molecular flexibility index (Phi) is 4.28. The maximum absolute atomic E-state index is 12.2. The molecule has 1 aromatic rings. The van der Waals surface area contributed by atoms with Gasteiger partial charge in [-0.1, -0.05) is 11.3 Å². The third-order valence-electron chi connectivity index (χ3n) is 2.81. The maximum atomic E-state index is 12.2. The van der Waals surface area contributed by atoms with Crippen LogP contribution in [0.2, 0.25) is 0 Å². The number of rotatable bonds is 3. The highest BCUT2D eigenvalue weighted by atomic mass is 32.2. The molecule has 0 aromatic carbocycles. The summed E-state index contributed by atoms with van der Waals surface area (Å²) in [5.41, 5.74) is 5.57. The van der Waals surface area contributed by atoms with Crippen LogP contribution in [0.5, 0.6) is 0 Å². The summed E-state index contributed by atoms with van der Waals surface area (Å²) in [5.74, 6) is 0.238. The molecule has 2 rings (SSSR count). The van der Waals surface area contributed by atoms with Crippen molar-refractivity contribution in [2.24, 2.45) is 0 Å². The number of nitrogen functional groups attached to an aromatic ring is 1. The van der Waals surface area contributed by atoms with Crippen LogP contribution in [-0.2, 0) is 4.79 Å². The van der Waals surface area contributed by atoms with E-state index in [9.17, 15) is 4.79 Å². The SMILES string of the molecule is CC(Sc1cnc(N)s1)C(=O)N1CCCCC1. The van der Waals surface area contributed by atoms with Gasteiger partial charge in [0.1, 0.15) is 0 Å². The van der Waals surface area contributed by atoms with E-state index in [1.54, 1.807) is 18.0 Å². The number of nitrogens with zero attached hydrogens (tertiary/aromatic N) is 2. The first-order valence-corrected chi connectivity index (χ1v) is 7.53. The van der Waals surface area contributed by atoms with Crippen LogP contribution >= 0.6 is 23.1 Å². The van der Waals surface area contributed by atoms with Crippen molar-refractivity contribution in [3.63, 3.8) is 0 Å². The number of likely N-dealkylation sites (tertiary alicyclic amines) is 1. The first-order chi connectivity index (χ1) is 8.16. The molecule has 1 fully saturated rings. The topological polar surface area (TPSA) is 59.2 Å². The van der Waals surface area contributed by atoms with Crippen LogP contribution in [-0.4, -0.2) is 34.1 Å². The van der Waals surface area contributed by atoms with E-state index in [0.717, 1.165) is 30.1 Å². The van der Waals surface area contributed by atoms with E-state index < -0.39 is 0 Å². The molecule has 0 saturated carbocycles. The monoisotopic (exact) mass is 271 g/mol. The molecule has 0 bridgehead atoms. The number of hydrogen-bond acceptors (Lipinski definition) is 5. The first-order valence-electron chi connectivity index (χ1n) is 5.83. The zero-order chi connectivity index (χ0) is 12.3. The molecule has 2 N–H and O–H groups in total. The van der Waals surface area contributed by atoms with Crippen LogP contribution in [0.3, 0.4) is 0 Å². The fraction of sp³-hybridized carbons (Fsp3) is 0.636. The summed E-state index contributed by atoms with van der Waals surface area (Å²) < 4.78 is 1.01. The number of nitrogens with two attached hydrogens (primary N) is 1. The summed E-state index contributed by atoms with van der Waals surface area (Å²) in [6.07, 6.45) is 5.26. The van der Waals surface area contributed by atoms with Crippen molar-refractivity contribution in [2.45, 2.75) is 35.6 Å². The number of amides is 1. The number of thiazole rings is 1. The molecule has 0 aliphatic carbocycles. The van der Waals surface area contributed by atoms with Gasteiger partial charge in [-0.05, 0) is 26.2 Å². The summed E-state index contributed by atoms with van der Waals surface area (Å²) in [4.78, 5) is 18.1. The number of carbonyl (C=O) groups is 1. The summed E-state index contributed by atoms with van der Waals surface area (Å²) >= 11 is 2.99. The van der Waals surface area contributed by atoms with E-state index in [2.05, 4.69) is 4.98 Å². The molecule has 1 aliphatic rings. The van der Waals surface area contributed by atoms with Gasteiger partial charge in [-0.15, -0.1) is 11.8 Å².